The van der Waals surface area contributed by atoms with E-state index in [1.54, 1.807) is 18.3 Å². The first-order valence-corrected chi connectivity index (χ1v) is 6.58. The van der Waals surface area contributed by atoms with E-state index in [1.807, 2.05) is 28.7 Å². The summed E-state index contributed by atoms with van der Waals surface area (Å²) in [5.74, 6) is -0.566. The van der Waals surface area contributed by atoms with E-state index in [0.717, 1.165) is 5.69 Å². The van der Waals surface area contributed by atoms with E-state index in [4.69, 9.17) is 0 Å². The Bertz CT molecular complexity index is 797. The molecule has 0 fully saturated rings. The molecule has 0 unspecified atom stereocenters. The van der Waals surface area contributed by atoms with E-state index in [2.05, 4.69) is 10.1 Å². The summed E-state index contributed by atoms with van der Waals surface area (Å²) in [6.07, 6.45) is 3.08. The van der Waals surface area contributed by atoms with Crippen LogP contribution in [0.25, 0.3) is 5.52 Å². The highest BCUT2D eigenvalue weighted by molar-refractivity contribution is 14.1. The van der Waals surface area contributed by atoms with Gasteiger partial charge in [0.05, 0.1) is 12.2 Å². The maximum Gasteiger partial charge on any atom is 0.281 e. The molecule has 0 aliphatic carbocycles. The Morgan fingerprint density at radius 2 is 2.16 bits per heavy atom. The topological polar surface area (TPSA) is 52.2 Å². The largest absolute Gasteiger partial charge is 0.281 e. The minimum Gasteiger partial charge on any atom is -0.279 e. The second-order valence-corrected chi connectivity index (χ2v) is 4.90. The van der Waals surface area contributed by atoms with E-state index in [9.17, 15) is 9.18 Å². The van der Waals surface area contributed by atoms with Crippen molar-refractivity contribution in [3.63, 3.8) is 0 Å². The predicted molar refractivity (Wildman–Crippen MR) is 75.5 cm³/mol. The monoisotopic (exact) mass is 370 g/mol. The van der Waals surface area contributed by atoms with Gasteiger partial charge in [-0.05, 0) is 18.2 Å². The van der Waals surface area contributed by atoms with Crippen LogP contribution in [0.1, 0.15) is 5.69 Å². The Balaban J connectivity index is 2.18. The molecule has 7 heteroatoms. The highest BCUT2D eigenvalue weighted by Crippen LogP contribution is 2.08. The number of aromatic nitrogens is 4. The van der Waals surface area contributed by atoms with Crippen molar-refractivity contribution in [2.45, 2.75) is 6.54 Å². The van der Waals surface area contributed by atoms with Gasteiger partial charge in [-0.1, -0.05) is 6.07 Å². The van der Waals surface area contributed by atoms with Crippen LogP contribution in [-0.4, -0.2) is 19.2 Å². The lowest BCUT2D eigenvalue weighted by Gasteiger charge is -2.08. The number of pyridine rings is 1. The van der Waals surface area contributed by atoms with E-state index in [0.29, 0.717) is 3.83 Å². The van der Waals surface area contributed by atoms with Crippen LogP contribution in [0.2, 0.25) is 0 Å². The van der Waals surface area contributed by atoms with Gasteiger partial charge in [0, 0.05) is 35.0 Å². The van der Waals surface area contributed by atoms with Gasteiger partial charge in [-0.3, -0.25) is 14.3 Å². The normalized spacial score (nSPS) is 11.1. The average molecular weight is 370 g/mol. The van der Waals surface area contributed by atoms with Crippen LogP contribution in [-0.2, 0) is 6.54 Å². The Hall–Kier alpha value is -1.77. The zero-order valence-electron chi connectivity index (χ0n) is 9.62. The van der Waals surface area contributed by atoms with Crippen molar-refractivity contribution in [1.29, 1.82) is 0 Å². The molecule has 0 saturated heterocycles. The fraction of sp³-hybridized carbons (Fsp3) is 0.0833. The van der Waals surface area contributed by atoms with Crippen LogP contribution in [0.15, 0.2) is 41.5 Å². The molecule has 0 radical (unpaired) electrons. The van der Waals surface area contributed by atoms with Gasteiger partial charge in [0.15, 0.2) is 15.2 Å². The van der Waals surface area contributed by atoms with Crippen LogP contribution < -0.4 is 5.56 Å². The first kappa shape index (κ1) is 12.3. The SMILES string of the molecule is O=c1c2c(F)ccn2nc(I)n1Cc1ccccn1. The number of hydrogen-bond donors (Lipinski definition) is 0. The summed E-state index contributed by atoms with van der Waals surface area (Å²) in [5, 5.41) is 4.15. The standard InChI is InChI=1S/C12H8FIN4O/c13-9-4-6-18-10(9)11(19)17(12(14)16-18)7-8-3-1-2-5-15-8/h1-6H,7H2. The van der Waals surface area contributed by atoms with Crippen LogP contribution in [0.3, 0.4) is 0 Å². The molecule has 3 aromatic rings. The van der Waals surface area contributed by atoms with Gasteiger partial charge in [0.25, 0.3) is 5.56 Å². The van der Waals surface area contributed by atoms with Gasteiger partial charge >= 0.3 is 0 Å². The second kappa shape index (κ2) is 4.72. The number of hydrogen-bond acceptors (Lipinski definition) is 3. The molecule has 19 heavy (non-hydrogen) atoms. The molecule has 0 bridgehead atoms. The lowest BCUT2D eigenvalue weighted by molar-refractivity contribution is 0.620. The molecule has 5 nitrogen and oxygen atoms in total. The average Bonchev–Trinajstić information content (AvgIpc) is 2.77. The molecule has 0 atom stereocenters. The molecule has 3 rings (SSSR count). The summed E-state index contributed by atoms with van der Waals surface area (Å²) >= 11 is 1.95. The molecule has 3 aromatic heterocycles. The Morgan fingerprint density at radius 3 is 2.89 bits per heavy atom. The maximum atomic E-state index is 13.6. The van der Waals surface area contributed by atoms with E-state index in [1.165, 1.54) is 21.3 Å². The number of nitrogens with zero attached hydrogens (tertiary/aromatic N) is 4. The molecule has 0 amide bonds. The fourth-order valence-corrected chi connectivity index (χ4v) is 2.45. The summed E-state index contributed by atoms with van der Waals surface area (Å²) in [4.78, 5) is 16.4. The minimum atomic E-state index is -0.566. The van der Waals surface area contributed by atoms with Crippen molar-refractivity contribution >= 4 is 28.1 Å². The highest BCUT2D eigenvalue weighted by atomic mass is 127. The van der Waals surface area contributed by atoms with Gasteiger partial charge in [-0.2, -0.15) is 0 Å². The van der Waals surface area contributed by atoms with Gasteiger partial charge in [0.2, 0.25) is 0 Å². The number of fused-ring (bicyclic) bond motifs is 1. The molecule has 3 heterocycles. The molecule has 0 spiro atoms. The van der Waals surface area contributed by atoms with Crippen molar-refractivity contribution in [3.05, 3.63) is 62.4 Å². The molecule has 0 aliphatic rings. The first-order chi connectivity index (χ1) is 9.16. The van der Waals surface area contributed by atoms with Crippen LogP contribution >= 0.6 is 22.6 Å². The summed E-state index contributed by atoms with van der Waals surface area (Å²) < 4.78 is 16.7. The van der Waals surface area contributed by atoms with E-state index >= 15 is 0 Å². The van der Waals surface area contributed by atoms with Gasteiger partial charge in [0.1, 0.15) is 0 Å². The van der Waals surface area contributed by atoms with Crippen LogP contribution in [0, 0.1) is 9.65 Å². The Kier molecular flexibility index (Phi) is 3.05. The fourth-order valence-electron chi connectivity index (χ4n) is 1.83. The number of rotatable bonds is 2. The highest BCUT2D eigenvalue weighted by Gasteiger charge is 2.13. The third-order valence-electron chi connectivity index (χ3n) is 2.72. The quantitative estimate of drug-likeness (QED) is 0.646. The maximum absolute atomic E-state index is 13.6. The zero-order chi connectivity index (χ0) is 13.4. The lowest BCUT2D eigenvalue weighted by Crippen LogP contribution is -2.27. The molecule has 0 aliphatic heterocycles. The first-order valence-electron chi connectivity index (χ1n) is 5.50. The third kappa shape index (κ3) is 2.14. The van der Waals surface area contributed by atoms with Crippen LogP contribution in [0.5, 0.6) is 0 Å². The predicted octanol–water partition coefficient (Wildman–Crippen LogP) is 1.68. The summed E-state index contributed by atoms with van der Waals surface area (Å²) in [7, 11) is 0. The van der Waals surface area contributed by atoms with Crippen LogP contribution in [0.4, 0.5) is 4.39 Å². The lowest BCUT2D eigenvalue weighted by atomic mass is 10.3. The second-order valence-electron chi connectivity index (χ2n) is 3.94. The van der Waals surface area contributed by atoms with Gasteiger partial charge < -0.3 is 0 Å². The third-order valence-corrected chi connectivity index (χ3v) is 3.52. The van der Waals surface area contributed by atoms with Crippen molar-refractivity contribution in [2.75, 3.05) is 0 Å². The van der Waals surface area contributed by atoms with E-state index < -0.39 is 11.4 Å². The summed E-state index contributed by atoms with van der Waals surface area (Å²) in [6.45, 7) is 0.270. The summed E-state index contributed by atoms with van der Waals surface area (Å²) in [6, 6.07) is 6.67. The smallest absolute Gasteiger partial charge is 0.279 e. The number of halogens is 2. The summed E-state index contributed by atoms with van der Waals surface area (Å²) in [5.41, 5.74) is 0.268. The van der Waals surface area contributed by atoms with Crippen molar-refractivity contribution in [1.82, 2.24) is 19.2 Å². The zero-order valence-corrected chi connectivity index (χ0v) is 11.8. The molecular weight excluding hydrogens is 362 g/mol. The Morgan fingerprint density at radius 1 is 1.32 bits per heavy atom. The molecule has 96 valence electrons. The molecule has 0 N–H and O–H groups in total. The van der Waals surface area contributed by atoms with Gasteiger partial charge in [-0.15, -0.1) is 5.10 Å². The van der Waals surface area contributed by atoms with E-state index in [-0.39, 0.29) is 12.1 Å². The minimum absolute atomic E-state index is 0.0450. The Labute approximate surface area is 120 Å². The van der Waals surface area contributed by atoms with Crippen molar-refractivity contribution in [3.8, 4) is 0 Å². The molecule has 0 aromatic carbocycles. The molecular formula is C12H8FIN4O. The molecule has 0 saturated carbocycles. The van der Waals surface area contributed by atoms with Gasteiger partial charge in [-0.25, -0.2) is 8.91 Å². The van der Waals surface area contributed by atoms with Crippen molar-refractivity contribution < 1.29 is 4.39 Å². The van der Waals surface area contributed by atoms with Crippen molar-refractivity contribution in [2.24, 2.45) is 0 Å².